The minimum Gasteiger partial charge on any atom is -0.396 e. The van der Waals surface area contributed by atoms with Gasteiger partial charge in [-0.15, -0.1) is 12.4 Å². The molecule has 0 aromatic heterocycles. The number of aliphatic hydroxyl groups excluding tert-OH is 1. The minimum absolute atomic E-state index is 0. The van der Waals surface area contributed by atoms with E-state index in [0.717, 1.165) is 30.7 Å². The van der Waals surface area contributed by atoms with Crippen molar-refractivity contribution in [1.82, 2.24) is 10.2 Å². The standard InChI is InChI=1S/C14H20BrFN2O.ClH/c1-10-8-11(15)9-12(14(10)16)13(2-7-19)18-5-3-17-4-6-18;/h8-9,13,17,19H,2-7H2,1H3;1H/t13-;/m0./s1. The molecule has 1 aliphatic rings. The van der Waals surface area contributed by atoms with Crippen LogP contribution in [0.15, 0.2) is 16.6 Å². The summed E-state index contributed by atoms with van der Waals surface area (Å²) in [5, 5.41) is 12.6. The van der Waals surface area contributed by atoms with Crippen molar-refractivity contribution in [3.63, 3.8) is 0 Å². The van der Waals surface area contributed by atoms with Gasteiger partial charge in [0.05, 0.1) is 0 Å². The van der Waals surface area contributed by atoms with Gasteiger partial charge in [-0.2, -0.15) is 0 Å². The van der Waals surface area contributed by atoms with Gasteiger partial charge in [0.25, 0.3) is 0 Å². The summed E-state index contributed by atoms with van der Waals surface area (Å²) in [4.78, 5) is 2.25. The maximum atomic E-state index is 14.4. The largest absolute Gasteiger partial charge is 0.396 e. The van der Waals surface area contributed by atoms with Gasteiger partial charge < -0.3 is 10.4 Å². The number of benzene rings is 1. The number of halogens is 3. The first-order valence-electron chi connectivity index (χ1n) is 6.64. The highest BCUT2D eigenvalue weighted by atomic mass is 79.9. The van der Waals surface area contributed by atoms with E-state index in [2.05, 4.69) is 26.1 Å². The first kappa shape index (κ1) is 17.9. The third kappa shape index (κ3) is 4.15. The summed E-state index contributed by atoms with van der Waals surface area (Å²) >= 11 is 3.43. The molecule has 114 valence electrons. The third-order valence-electron chi connectivity index (χ3n) is 3.60. The SMILES string of the molecule is Cc1cc(Br)cc([C@H](CCO)N2CCNCC2)c1F.Cl. The Morgan fingerprint density at radius 2 is 2.05 bits per heavy atom. The molecule has 0 radical (unpaired) electrons. The lowest BCUT2D eigenvalue weighted by Crippen LogP contribution is -2.45. The molecule has 1 atom stereocenters. The maximum absolute atomic E-state index is 14.4. The van der Waals surface area contributed by atoms with Crippen LogP contribution in [0, 0.1) is 12.7 Å². The zero-order chi connectivity index (χ0) is 13.8. The molecule has 0 bridgehead atoms. The number of aliphatic hydroxyl groups is 1. The summed E-state index contributed by atoms with van der Waals surface area (Å²) < 4.78 is 15.3. The second-order valence-electron chi connectivity index (χ2n) is 4.94. The van der Waals surface area contributed by atoms with Gasteiger partial charge in [0.1, 0.15) is 5.82 Å². The Balaban J connectivity index is 0.00000200. The normalized spacial score (nSPS) is 17.6. The van der Waals surface area contributed by atoms with Gasteiger partial charge >= 0.3 is 0 Å². The van der Waals surface area contributed by atoms with Crippen molar-refractivity contribution in [2.45, 2.75) is 19.4 Å². The van der Waals surface area contributed by atoms with Crippen molar-refractivity contribution in [3.8, 4) is 0 Å². The summed E-state index contributed by atoms with van der Waals surface area (Å²) in [5.41, 5.74) is 1.32. The molecule has 0 unspecified atom stereocenters. The van der Waals surface area contributed by atoms with Crippen molar-refractivity contribution in [2.24, 2.45) is 0 Å². The van der Waals surface area contributed by atoms with Crippen LogP contribution in [0.25, 0.3) is 0 Å². The van der Waals surface area contributed by atoms with E-state index in [1.54, 1.807) is 13.0 Å². The van der Waals surface area contributed by atoms with Gasteiger partial charge in [-0.25, -0.2) is 4.39 Å². The highest BCUT2D eigenvalue weighted by Gasteiger charge is 2.25. The second-order valence-corrected chi connectivity index (χ2v) is 5.86. The summed E-state index contributed by atoms with van der Waals surface area (Å²) in [7, 11) is 0. The molecule has 0 spiro atoms. The predicted octanol–water partition coefficient (Wildman–Crippen LogP) is 2.65. The number of nitrogens with zero attached hydrogens (tertiary/aromatic N) is 1. The number of piperazine rings is 1. The molecule has 20 heavy (non-hydrogen) atoms. The van der Waals surface area contributed by atoms with Gasteiger partial charge in [0.15, 0.2) is 0 Å². The van der Waals surface area contributed by atoms with Crippen molar-refractivity contribution in [3.05, 3.63) is 33.5 Å². The van der Waals surface area contributed by atoms with Crippen LogP contribution in [0.5, 0.6) is 0 Å². The van der Waals surface area contributed by atoms with Crippen molar-refractivity contribution in [1.29, 1.82) is 0 Å². The Kier molecular flexibility index (Phi) is 7.40. The molecular formula is C14H21BrClFN2O. The van der Waals surface area contributed by atoms with Crippen molar-refractivity contribution >= 4 is 28.3 Å². The molecule has 2 N–H and O–H groups in total. The average Bonchev–Trinajstić information content (AvgIpc) is 2.41. The molecule has 1 aromatic carbocycles. The molecule has 1 fully saturated rings. The van der Waals surface area contributed by atoms with Crippen LogP contribution in [0.2, 0.25) is 0 Å². The Morgan fingerprint density at radius 3 is 2.65 bits per heavy atom. The third-order valence-corrected chi connectivity index (χ3v) is 4.06. The minimum atomic E-state index is -0.153. The molecular weight excluding hydrogens is 347 g/mol. The Hall–Kier alpha value is -0.200. The van der Waals surface area contributed by atoms with Crippen molar-refractivity contribution in [2.75, 3.05) is 32.8 Å². The van der Waals surface area contributed by atoms with Crippen LogP contribution in [-0.4, -0.2) is 42.8 Å². The second kappa shape index (κ2) is 8.29. The molecule has 1 aromatic rings. The Labute approximate surface area is 134 Å². The molecule has 0 saturated carbocycles. The zero-order valence-electron chi connectivity index (χ0n) is 11.5. The topological polar surface area (TPSA) is 35.5 Å². The first-order valence-corrected chi connectivity index (χ1v) is 7.44. The molecule has 1 saturated heterocycles. The number of hydrogen-bond donors (Lipinski definition) is 2. The van der Waals surface area contributed by atoms with Crippen LogP contribution in [-0.2, 0) is 0 Å². The van der Waals surface area contributed by atoms with Crippen LogP contribution in [0.4, 0.5) is 4.39 Å². The lowest BCUT2D eigenvalue weighted by molar-refractivity contribution is 0.138. The zero-order valence-corrected chi connectivity index (χ0v) is 13.9. The van der Waals surface area contributed by atoms with E-state index in [9.17, 15) is 9.50 Å². The van der Waals surface area contributed by atoms with Crippen LogP contribution < -0.4 is 5.32 Å². The number of rotatable bonds is 4. The quantitative estimate of drug-likeness (QED) is 0.859. The summed E-state index contributed by atoms with van der Waals surface area (Å²) in [6.07, 6.45) is 0.562. The lowest BCUT2D eigenvalue weighted by atomic mass is 9.99. The molecule has 1 heterocycles. The first-order chi connectivity index (χ1) is 9.13. The molecule has 6 heteroatoms. The Morgan fingerprint density at radius 1 is 1.40 bits per heavy atom. The smallest absolute Gasteiger partial charge is 0.130 e. The fraction of sp³-hybridized carbons (Fsp3) is 0.571. The number of aryl methyl sites for hydroxylation is 1. The monoisotopic (exact) mass is 366 g/mol. The highest BCUT2D eigenvalue weighted by molar-refractivity contribution is 9.10. The molecule has 1 aliphatic heterocycles. The van der Waals surface area contributed by atoms with Gasteiger partial charge in [-0.3, -0.25) is 4.90 Å². The van der Waals surface area contributed by atoms with E-state index in [0.29, 0.717) is 17.5 Å². The lowest BCUT2D eigenvalue weighted by Gasteiger charge is -2.35. The van der Waals surface area contributed by atoms with Crippen LogP contribution in [0.3, 0.4) is 0 Å². The molecule has 2 rings (SSSR count). The molecule has 0 amide bonds. The van der Waals surface area contributed by atoms with E-state index >= 15 is 0 Å². The van der Waals surface area contributed by atoms with Crippen molar-refractivity contribution < 1.29 is 9.50 Å². The van der Waals surface area contributed by atoms with E-state index < -0.39 is 0 Å². The molecule has 3 nitrogen and oxygen atoms in total. The predicted molar refractivity (Wildman–Crippen MR) is 85.0 cm³/mol. The fourth-order valence-electron chi connectivity index (χ4n) is 2.64. The van der Waals surface area contributed by atoms with Gasteiger partial charge in [0.2, 0.25) is 0 Å². The highest BCUT2D eigenvalue weighted by Crippen LogP contribution is 2.30. The van der Waals surface area contributed by atoms with Gasteiger partial charge in [-0.1, -0.05) is 15.9 Å². The molecule has 0 aliphatic carbocycles. The maximum Gasteiger partial charge on any atom is 0.130 e. The number of hydrogen-bond acceptors (Lipinski definition) is 3. The van der Waals surface area contributed by atoms with Gasteiger partial charge in [0, 0.05) is 48.9 Å². The summed E-state index contributed by atoms with van der Waals surface area (Å²) in [5.74, 6) is -0.153. The Bertz CT molecular complexity index is 441. The summed E-state index contributed by atoms with van der Waals surface area (Å²) in [6, 6.07) is 3.57. The fourth-order valence-corrected chi connectivity index (χ4v) is 3.23. The summed E-state index contributed by atoms with van der Waals surface area (Å²) in [6.45, 7) is 5.44. The average molecular weight is 368 g/mol. The van der Waals surface area contributed by atoms with Crippen LogP contribution in [0.1, 0.15) is 23.6 Å². The van der Waals surface area contributed by atoms with E-state index in [-0.39, 0.29) is 30.9 Å². The van der Waals surface area contributed by atoms with E-state index in [1.165, 1.54) is 0 Å². The van der Waals surface area contributed by atoms with E-state index in [4.69, 9.17) is 0 Å². The van der Waals surface area contributed by atoms with Crippen LogP contribution >= 0.6 is 28.3 Å². The number of nitrogens with one attached hydrogen (secondary N) is 1. The van der Waals surface area contributed by atoms with E-state index in [1.807, 2.05) is 6.07 Å². The van der Waals surface area contributed by atoms with Gasteiger partial charge in [-0.05, 0) is 31.0 Å².